The van der Waals surface area contributed by atoms with E-state index in [-0.39, 0.29) is 5.56 Å². The van der Waals surface area contributed by atoms with E-state index in [4.69, 9.17) is 12.2 Å². The molecule has 0 saturated heterocycles. The van der Waals surface area contributed by atoms with Gasteiger partial charge in [-0.15, -0.1) is 11.3 Å². The van der Waals surface area contributed by atoms with E-state index in [2.05, 4.69) is 29.2 Å². The number of nitrogens with zero attached hydrogens (tertiary/aromatic N) is 1. The molecule has 1 N–H and O–H groups in total. The molecule has 4 aromatic rings. The van der Waals surface area contributed by atoms with Crippen molar-refractivity contribution in [1.82, 2.24) is 9.55 Å². The highest BCUT2D eigenvalue weighted by molar-refractivity contribution is 7.71. The summed E-state index contributed by atoms with van der Waals surface area (Å²) in [6, 6.07) is 14.5. The number of nitrogens with one attached hydrogen (secondary N) is 1. The molecule has 0 bridgehead atoms. The first-order valence-electron chi connectivity index (χ1n) is 8.41. The zero-order chi connectivity index (χ0) is 17.1. The number of hydrogen-bond donors (Lipinski definition) is 1. The van der Waals surface area contributed by atoms with Crippen molar-refractivity contribution in [3.63, 3.8) is 0 Å². The van der Waals surface area contributed by atoms with E-state index in [0.717, 1.165) is 26.2 Å². The molecule has 5 rings (SSSR count). The number of aromatic amines is 1. The molecule has 1 aliphatic rings. The zero-order valence-corrected chi connectivity index (χ0v) is 15.3. The normalized spacial score (nSPS) is 14.4. The fourth-order valence-electron chi connectivity index (χ4n) is 3.60. The fraction of sp³-hybridized carbons (Fsp3) is 0.200. The third kappa shape index (κ3) is 2.30. The summed E-state index contributed by atoms with van der Waals surface area (Å²) in [4.78, 5) is 17.4. The van der Waals surface area contributed by atoms with Crippen LogP contribution in [0.1, 0.15) is 29.2 Å². The quantitative estimate of drug-likeness (QED) is 0.480. The lowest BCUT2D eigenvalue weighted by Gasteiger charge is -2.13. The van der Waals surface area contributed by atoms with Gasteiger partial charge in [-0.25, -0.2) is 0 Å². The summed E-state index contributed by atoms with van der Waals surface area (Å²) in [5.41, 5.74) is 3.03. The second kappa shape index (κ2) is 5.38. The van der Waals surface area contributed by atoms with Gasteiger partial charge in [0.2, 0.25) is 0 Å². The van der Waals surface area contributed by atoms with Gasteiger partial charge in [-0.1, -0.05) is 30.3 Å². The Bertz CT molecular complexity index is 1260. The predicted octanol–water partition coefficient (Wildman–Crippen LogP) is 5.45. The van der Waals surface area contributed by atoms with E-state index in [1.54, 1.807) is 4.57 Å². The van der Waals surface area contributed by atoms with E-state index >= 15 is 0 Å². The lowest BCUT2D eigenvalue weighted by atomic mass is 9.99. The maximum absolute atomic E-state index is 13.1. The van der Waals surface area contributed by atoms with Crippen LogP contribution in [0.4, 0.5) is 0 Å². The van der Waals surface area contributed by atoms with Gasteiger partial charge in [-0.05, 0) is 61.0 Å². The van der Waals surface area contributed by atoms with Crippen LogP contribution < -0.4 is 5.56 Å². The molecule has 2 aromatic heterocycles. The van der Waals surface area contributed by atoms with Crippen molar-refractivity contribution in [2.75, 3.05) is 0 Å². The Labute approximate surface area is 153 Å². The van der Waals surface area contributed by atoms with E-state index < -0.39 is 0 Å². The summed E-state index contributed by atoms with van der Waals surface area (Å²) in [5, 5.41) is 2.31. The number of rotatable bonds is 2. The molecule has 3 nitrogen and oxygen atoms in total. The lowest BCUT2D eigenvalue weighted by Crippen LogP contribution is -2.19. The SMILES string of the molecule is Cc1cc2[nH]c(=S)n(-c3ccc(C4CC4)c4ccccc34)c(=O)c2s1. The second-order valence-electron chi connectivity index (χ2n) is 6.66. The largest absolute Gasteiger partial charge is 0.331 e. The number of fused-ring (bicyclic) bond motifs is 2. The highest BCUT2D eigenvalue weighted by Crippen LogP contribution is 2.44. The maximum atomic E-state index is 13.1. The summed E-state index contributed by atoms with van der Waals surface area (Å²) < 4.78 is 2.81. The first kappa shape index (κ1) is 15.0. The van der Waals surface area contributed by atoms with Crippen LogP contribution in [0.15, 0.2) is 47.3 Å². The molecule has 0 amide bonds. The average Bonchev–Trinajstić information content (AvgIpc) is 3.37. The van der Waals surface area contributed by atoms with Crippen molar-refractivity contribution in [1.29, 1.82) is 0 Å². The van der Waals surface area contributed by atoms with E-state index in [9.17, 15) is 4.79 Å². The molecule has 5 heteroatoms. The number of thiophene rings is 1. The molecule has 2 aromatic carbocycles. The topological polar surface area (TPSA) is 37.8 Å². The molecular formula is C20H16N2OS2. The molecule has 25 heavy (non-hydrogen) atoms. The standard InChI is InChI=1S/C20H16N2OS2/c1-11-10-16-18(25-11)19(23)22(20(24)21-16)17-9-8-13(12-6-7-12)14-4-2-3-5-15(14)17/h2-5,8-10,12H,6-7H2,1H3,(H,21,24). The summed E-state index contributed by atoms with van der Waals surface area (Å²) >= 11 is 7.04. The smallest absolute Gasteiger partial charge is 0.276 e. The van der Waals surface area contributed by atoms with Gasteiger partial charge in [0.1, 0.15) is 4.70 Å². The summed E-state index contributed by atoms with van der Waals surface area (Å²) in [6.07, 6.45) is 2.51. The van der Waals surface area contributed by atoms with Crippen LogP contribution in [-0.4, -0.2) is 9.55 Å². The molecule has 124 valence electrons. The highest BCUT2D eigenvalue weighted by Gasteiger charge is 2.26. The fourth-order valence-corrected chi connectivity index (χ4v) is 4.79. The van der Waals surface area contributed by atoms with E-state index in [1.807, 2.05) is 25.1 Å². The van der Waals surface area contributed by atoms with Crippen LogP contribution in [0, 0.1) is 11.7 Å². The van der Waals surface area contributed by atoms with Crippen LogP contribution in [0.3, 0.4) is 0 Å². The Balaban J connectivity index is 1.88. The summed E-state index contributed by atoms with van der Waals surface area (Å²) in [5.74, 6) is 0.660. The van der Waals surface area contributed by atoms with Crippen LogP contribution in [0.5, 0.6) is 0 Å². The number of H-pyrrole nitrogens is 1. The van der Waals surface area contributed by atoms with Gasteiger partial charge >= 0.3 is 0 Å². The number of aryl methyl sites for hydroxylation is 1. The molecule has 0 atom stereocenters. The minimum atomic E-state index is -0.0406. The average molecular weight is 364 g/mol. The first-order valence-corrected chi connectivity index (χ1v) is 9.63. The van der Waals surface area contributed by atoms with Crippen molar-refractivity contribution in [2.24, 2.45) is 0 Å². The second-order valence-corrected chi connectivity index (χ2v) is 8.31. The number of aromatic nitrogens is 2. The van der Waals surface area contributed by atoms with Gasteiger partial charge in [-0.2, -0.15) is 0 Å². The molecule has 1 aliphatic carbocycles. The maximum Gasteiger partial charge on any atom is 0.276 e. The Morgan fingerprint density at radius 2 is 1.92 bits per heavy atom. The van der Waals surface area contributed by atoms with Crippen molar-refractivity contribution in [3.05, 3.63) is 68.0 Å². The molecular weight excluding hydrogens is 348 g/mol. The summed E-state index contributed by atoms with van der Waals surface area (Å²) in [7, 11) is 0. The van der Waals surface area contributed by atoms with Gasteiger partial charge in [-0.3, -0.25) is 9.36 Å². The van der Waals surface area contributed by atoms with Crippen molar-refractivity contribution < 1.29 is 0 Å². The van der Waals surface area contributed by atoms with Crippen LogP contribution >= 0.6 is 23.6 Å². The van der Waals surface area contributed by atoms with Crippen molar-refractivity contribution >= 4 is 44.5 Å². The van der Waals surface area contributed by atoms with Gasteiger partial charge < -0.3 is 4.98 Å². The molecule has 0 aliphatic heterocycles. The first-order chi connectivity index (χ1) is 12.1. The third-order valence-electron chi connectivity index (χ3n) is 4.89. The van der Waals surface area contributed by atoms with Gasteiger partial charge in [0.25, 0.3) is 5.56 Å². The van der Waals surface area contributed by atoms with Gasteiger partial charge in [0.05, 0.1) is 11.2 Å². The molecule has 0 unspecified atom stereocenters. The van der Waals surface area contributed by atoms with Crippen LogP contribution in [0.25, 0.3) is 26.7 Å². The molecule has 0 spiro atoms. The Morgan fingerprint density at radius 1 is 1.16 bits per heavy atom. The van der Waals surface area contributed by atoms with Crippen LogP contribution in [0.2, 0.25) is 0 Å². The predicted molar refractivity (Wildman–Crippen MR) is 107 cm³/mol. The minimum absolute atomic E-state index is 0.0406. The van der Waals surface area contributed by atoms with Gasteiger partial charge in [0, 0.05) is 10.3 Å². The van der Waals surface area contributed by atoms with Crippen molar-refractivity contribution in [3.8, 4) is 5.69 Å². The Morgan fingerprint density at radius 3 is 2.68 bits per heavy atom. The number of hydrogen-bond acceptors (Lipinski definition) is 3. The Hall–Kier alpha value is -2.24. The Kier molecular flexibility index (Phi) is 3.24. The molecule has 1 fully saturated rings. The summed E-state index contributed by atoms with van der Waals surface area (Å²) in [6.45, 7) is 2.01. The lowest BCUT2D eigenvalue weighted by molar-refractivity contribution is 0.950. The third-order valence-corrected chi connectivity index (χ3v) is 6.21. The molecule has 1 saturated carbocycles. The highest BCUT2D eigenvalue weighted by atomic mass is 32.1. The van der Waals surface area contributed by atoms with E-state index in [1.165, 1.54) is 35.1 Å². The van der Waals surface area contributed by atoms with E-state index in [0.29, 0.717) is 10.7 Å². The minimum Gasteiger partial charge on any atom is -0.331 e. The monoisotopic (exact) mass is 364 g/mol. The van der Waals surface area contributed by atoms with Crippen LogP contribution in [-0.2, 0) is 0 Å². The number of benzene rings is 2. The zero-order valence-electron chi connectivity index (χ0n) is 13.7. The molecule has 2 heterocycles. The molecule has 0 radical (unpaired) electrons. The van der Waals surface area contributed by atoms with Crippen molar-refractivity contribution in [2.45, 2.75) is 25.7 Å². The van der Waals surface area contributed by atoms with Gasteiger partial charge in [0.15, 0.2) is 4.77 Å².